The Labute approximate surface area is 165 Å². The van der Waals surface area contributed by atoms with Crippen LogP contribution in [0.3, 0.4) is 0 Å². The summed E-state index contributed by atoms with van der Waals surface area (Å²) in [5, 5.41) is 33.2. The van der Waals surface area contributed by atoms with Crippen LogP contribution >= 0.6 is 0 Å². The standard InChI is InChI=1S/C16H23N5O8/c1-9(3-4-12(22)19-11(16(26)27)7-14(23)24)15(25)17-5-6-20-10(2)18-8-13(20)21(28)29/h8-9,11H,3-7H2,1-2H3,(H,17,25)(H,19,22)(H,23,24)(H,26,27). The molecule has 0 spiro atoms. The van der Waals surface area contributed by atoms with E-state index in [1.54, 1.807) is 13.8 Å². The van der Waals surface area contributed by atoms with Gasteiger partial charge in [0.25, 0.3) is 0 Å². The SMILES string of the molecule is Cc1ncc([N+](=O)[O-])n1CCNC(=O)C(C)CCC(=O)NC(CC(=O)O)C(=O)O. The maximum atomic E-state index is 12.1. The second-order valence-corrected chi connectivity index (χ2v) is 6.36. The maximum absolute atomic E-state index is 12.1. The highest BCUT2D eigenvalue weighted by Gasteiger charge is 2.24. The number of aryl methyl sites for hydroxylation is 1. The smallest absolute Gasteiger partial charge is 0.342 e. The minimum atomic E-state index is -1.54. The highest BCUT2D eigenvalue weighted by Crippen LogP contribution is 2.13. The van der Waals surface area contributed by atoms with Crippen molar-refractivity contribution >= 4 is 29.6 Å². The number of nitrogens with zero attached hydrogens (tertiary/aromatic N) is 3. The van der Waals surface area contributed by atoms with Gasteiger partial charge in [-0.25, -0.2) is 14.3 Å². The van der Waals surface area contributed by atoms with E-state index >= 15 is 0 Å². The molecule has 29 heavy (non-hydrogen) atoms. The third kappa shape index (κ3) is 7.56. The summed E-state index contributed by atoms with van der Waals surface area (Å²) in [5.41, 5.74) is 0. The second kappa shape index (κ2) is 10.7. The van der Waals surface area contributed by atoms with Gasteiger partial charge in [-0.3, -0.25) is 14.4 Å². The summed E-state index contributed by atoms with van der Waals surface area (Å²) in [6.07, 6.45) is 0.329. The van der Waals surface area contributed by atoms with Crippen molar-refractivity contribution in [3.63, 3.8) is 0 Å². The number of carbonyl (C=O) groups is 4. The average Bonchev–Trinajstić information content (AvgIpc) is 2.99. The number of carboxylic acids is 2. The van der Waals surface area contributed by atoms with Gasteiger partial charge in [-0.15, -0.1) is 0 Å². The number of nitrogens with one attached hydrogen (secondary N) is 2. The third-order valence-electron chi connectivity index (χ3n) is 4.12. The molecule has 0 aliphatic carbocycles. The Kier molecular flexibility index (Phi) is 8.70. The lowest BCUT2D eigenvalue weighted by molar-refractivity contribution is -0.392. The lowest BCUT2D eigenvalue weighted by Gasteiger charge is -2.14. The van der Waals surface area contributed by atoms with Crippen LogP contribution in [0.1, 0.15) is 32.0 Å². The highest BCUT2D eigenvalue weighted by molar-refractivity contribution is 5.87. The van der Waals surface area contributed by atoms with Crippen molar-refractivity contribution in [1.82, 2.24) is 20.2 Å². The van der Waals surface area contributed by atoms with E-state index in [1.807, 2.05) is 0 Å². The van der Waals surface area contributed by atoms with Crippen molar-refractivity contribution < 1.29 is 34.3 Å². The van der Waals surface area contributed by atoms with E-state index in [-0.39, 0.29) is 37.7 Å². The first-order valence-electron chi connectivity index (χ1n) is 8.71. The van der Waals surface area contributed by atoms with Gasteiger partial charge in [-0.1, -0.05) is 6.92 Å². The van der Waals surface area contributed by atoms with Crippen LogP contribution < -0.4 is 10.6 Å². The van der Waals surface area contributed by atoms with Crippen LogP contribution in [-0.4, -0.2) is 61.0 Å². The number of hydrogen-bond acceptors (Lipinski definition) is 7. The van der Waals surface area contributed by atoms with Gasteiger partial charge in [-0.05, 0) is 11.3 Å². The number of nitro groups is 1. The summed E-state index contributed by atoms with van der Waals surface area (Å²) in [4.78, 5) is 59.6. The van der Waals surface area contributed by atoms with E-state index in [4.69, 9.17) is 10.2 Å². The van der Waals surface area contributed by atoms with Crippen molar-refractivity contribution in [1.29, 1.82) is 0 Å². The normalized spacial score (nSPS) is 12.6. The van der Waals surface area contributed by atoms with Crippen molar-refractivity contribution in [2.24, 2.45) is 5.92 Å². The van der Waals surface area contributed by atoms with E-state index in [0.29, 0.717) is 5.82 Å². The molecule has 1 aromatic rings. The molecule has 1 heterocycles. The Bertz CT molecular complexity index is 790. The van der Waals surface area contributed by atoms with Gasteiger partial charge in [0.05, 0.1) is 13.0 Å². The fourth-order valence-electron chi connectivity index (χ4n) is 2.46. The Balaban J connectivity index is 2.44. The molecular formula is C16H23N5O8. The van der Waals surface area contributed by atoms with Crippen LogP contribution in [0.5, 0.6) is 0 Å². The summed E-state index contributed by atoms with van der Waals surface area (Å²) >= 11 is 0. The van der Waals surface area contributed by atoms with Crippen molar-refractivity contribution in [2.75, 3.05) is 6.54 Å². The molecule has 0 aliphatic heterocycles. The number of amides is 2. The molecule has 160 valence electrons. The number of rotatable bonds is 12. The molecule has 0 saturated carbocycles. The Morgan fingerprint density at radius 2 is 1.97 bits per heavy atom. The predicted molar refractivity (Wildman–Crippen MR) is 96.8 cm³/mol. The van der Waals surface area contributed by atoms with Crippen LogP contribution in [0.2, 0.25) is 0 Å². The minimum absolute atomic E-state index is 0.112. The summed E-state index contributed by atoms with van der Waals surface area (Å²) in [6, 6.07) is -1.54. The van der Waals surface area contributed by atoms with Gasteiger partial charge in [0.2, 0.25) is 11.8 Å². The molecule has 0 saturated heterocycles. The van der Waals surface area contributed by atoms with Crippen molar-refractivity contribution in [2.45, 2.75) is 45.7 Å². The van der Waals surface area contributed by atoms with Gasteiger partial charge >= 0.3 is 17.8 Å². The molecule has 0 fully saturated rings. The van der Waals surface area contributed by atoms with Crippen LogP contribution in [0, 0.1) is 23.0 Å². The second-order valence-electron chi connectivity index (χ2n) is 6.36. The molecule has 13 heteroatoms. The fraction of sp³-hybridized carbons (Fsp3) is 0.562. The number of aromatic nitrogens is 2. The van der Waals surface area contributed by atoms with Crippen LogP contribution in [0.15, 0.2) is 6.20 Å². The van der Waals surface area contributed by atoms with E-state index in [9.17, 15) is 29.3 Å². The molecule has 1 rings (SSSR count). The average molecular weight is 413 g/mol. The highest BCUT2D eigenvalue weighted by atomic mass is 16.6. The number of carboxylic acid groups (broad SMARTS) is 2. The van der Waals surface area contributed by atoms with Crippen molar-refractivity contribution in [3.05, 3.63) is 22.1 Å². The first kappa shape index (κ1) is 23.5. The van der Waals surface area contributed by atoms with Gasteiger partial charge < -0.3 is 31.0 Å². The monoisotopic (exact) mass is 413 g/mol. The van der Waals surface area contributed by atoms with E-state index in [1.165, 1.54) is 4.57 Å². The molecule has 0 aliphatic rings. The van der Waals surface area contributed by atoms with Gasteiger partial charge in [-0.2, -0.15) is 0 Å². The predicted octanol–water partition coefficient (Wildman–Crippen LogP) is -0.324. The number of imidazole rings is 1. The zero-order valence-electron chi connectivity index (χ0n) is 16.0. The fourth-order valence-corrected chi connectivity index (χ4v) is 2.46. The molecule has 0 radical (unpaired) electrons. The zero-order valence-corrected chi connectivity index (χ0v) is 16.0. The maximum Gasteiger partial charge on any atom is 0.342 e. The largest absolute Gasteiger partial charge is 0.481 e. The first-order chi connectivity index (χ1) is 13.5. The number of hydrogen-bond donors (Lipinski definition) is 4. The number of aliphatic carboxylic acids is 2. The molecule has 2 amide bonds. The molecule has 0 bridgehead atoms. The zero-order chi connectivity index (χ0) is 22.1. The lowest BCUT2D eigenvalue weighted by Crippen LogP contribution is -2.42. The molecule has 0 aromatic carbocycles. The minimum Gasteiger partial charge on any atom is -0.481 e. The van der Waals surface area contributed by atoms with Crippen LogP contribution in [0.25, 0.3) is 0 Å². The van der Waals surface area contributed by atoms with Crippen LogP contribution in [-0.2, 0) is 25.7 Å². The number of carbonyl (C=O) groups excluding carboxylic acids is 2. The van der Waals surface area contributed by atoms with Gasteiger partial charge in [0, 0.05) is 19.3 Å². The third-order valence-corrected chi connectivity index (χ3v) is 4.12. The van der Waals surface area contributed by atoms with Gasteiger partial charge in [0.15, 0.2) is 5.82 Å². The van der Waals surface area contributed by atoms with Gasteiger partial charge in [0.1, 0.15) is 18.8 Å². The quantitative estimate of drug-likeness (QED) is 0.262. The molecule has 1 aromatic heterocycles. The van der Waals surface area contributed by atoms with E-state index in [0.717, 1.165) is 6.20 Å². The summed E-state index contributed by atoms with van der Waals surface area (Å²) in [6.45, 7) is 3.44. The summed E-state index contributed by atoms with van der Waals surface area (Å²) in [7, 11) is 0. The molecule has 2 atom stereocenters. The first-order valence-corrected chi connectivity index (χ1v) is 8.71. The summed E-state index contributed by atoms with van der Waals surface area (Å²) < 4.78 is 1.35. The Hall–Kier alpha value is -3.51. The lowest BCUT2D eigenvalue weighted by atomic mass is 10.0. The van der Waals surface area contributed by atoms with E-state index in [2.05, 4.69) is 15.6 Å². The molecular weight excluding hydrogens is 390 g/mol. The molecule has 13 nitrogen and oxygen atoms in total. The Morgan fingerprint density at radius 1 is 1.31 bits per heavy atom. The van der Waals surface area contributed by atoms with Crippen molar-refractivity contribution in [3.8, 4) is 0 Å². The topological polar surface area (TPSA) is 194 Å². The Morgan fingerprint density at radius 3 is 2.52 bits per heavy atom. The van der Waals surface area contributed by atoms with E-state index < -0.39 is 41.1 Å². The van der Waals surface area contributed by atoms with Crippen LogP contribution in [0.4, 0.5) is 5.82 Å². The molecule has 4 N–H and O–H groups in total. The summed E-state index contributed by atoms with van der Waals surface area (Å²) in [5.74, 6) is -4.21. The molecule has 2 unspecified atom stereocenters.